The second-order valence-corrected chi connectivity index (χ2v) is 4.62. The van der Waals surface area contributed by atoms with Crippen molar-refractivity contribution < 1.29 is 9.15 Å². The first-order valence-corrected chi connectivity index (χ1v) is 6.17. The molecule has 0 unspecified atom stereocenters. The summed E-state index contributed by atoms with van der Waals surface area (Å²) in [7, 11) is 1.50. The number of nitriles is 1. The van der Waals surface area contributed by atoms with E-state index in [1.807, 2.05) is 6.07 Å². The first-order chi connectivity index (χ1) is 9.13. The lowest BCUT2D eigenvalue weighted by atomic mass is 10.1. The number of rotatable bonds is 4. The summed E-state index contributed by atoms with van der Waals surface area (Å²) in [6.45, 7) is 0.412. The molecule has 0 bridgehead atoms. The summed E-state index contributed by atoms with van der Waals surface area (Å²) in [5, 5.41) is 12.8. The van der Waals surface area contributed by atoms with Crippen molar-refractivity contribution in [2.24, 2.45) is 0 Å². The van der Waals surface area contributed by atoms with Crippen LogP contribution in [0.4, 0.5) is 0 Å². The van der Waals surface area contributed by atoms with E-state index in [4.69, 9.17) is 14.4 Å². The normalized spacial score (nSPS) is 10.4. The quantitative estimate of drug-likeness (QED) is 0.854. The summed E-state index contributed by atoms with van der Waals surface area (Å²) in [5.41, 5.74) is 1.38. The van der Waals surface area contributed by atoms with Gasteiger partial charge < -0.3 is 9.15 Å². The molecule has 2 aromatic rings. The molecule has 0 aliphatic carbocycles. The Morgan fingerprint density at radius 1 is 1.58 bits per heavy atom. The second kappa shape index (κ2) is 5.82. The molecule has 0 amide bonds. The molecule has 1 aromatic carbocycles. The van der Waals surface area contributed by atoms with Crippen LogP contribution < -0.4 is 5.76 Å². The average molecular weight is 324 g/mol. The van der Waals surface area contributed by atoms with Crippen LogP contribution in [0.25, 0.3) is 0 Å². The lowest BCUT2D eigenvalue weighted by molar-refractivity contribution is 0.158. The van der Waals surface area contributed by atoms with Crippen molar-refractivity contribution >= 4 is 15.9 Å². The Morgan fingerprint density at radius 2 is 2.37 bits per heavy atom. The van der Waals surface area contributed by atoms with E-state index in [2.05, 4.69) is 21.0 Å². The number of nitrogens with zero attached hydrogens (tertiary/aromatic N) is 3. The molecule has 0 aliphatic heterocycles. The van der Waals surface area contributed by atoms with Gasteiger partial charge in [-0.25, -0.2) is 4.79 Å². The Hall–Kier alpha value is -1.91. The van der Waals surface area contributed by atoms with Crippen LogP contribution in [-0.2, 0) is 17.9 Å². The van der Waals surface area contributed by atoms with Crippen molar-refractivity contribution in [1.29, 1.82) is 5.26 Å². The number of aromatic nitrogens is 2. The number of halogens is 1. The van der Waals surface area contributed by atoms with Crippen molar-refractivity contribution in [3.05, 3.63) is 50.2 Å². The third kappa shape index (κ3) is 3.10. The summed E-state index contributed by atoms with van der Waals surface area (Å²) in [4.78, 5) is 11.6. The molecule has 0 aliphatic rings. The molecule has 6 nitrogen and oxygen atoms in total. The molecule has 1 aromatic heterocycles. The van der Waals surface area contributed by atoms with E-state index in [9.17, 15) is 4.79 Å². The standard InChI is InChI=1S/C12H10BrN3O3/c1-18-7-11-15-16(12(17)19-11)6-9-3-2-8(5-14)4-10(9)13/h2-4H,6-7H2,1H3. The first-order valence-electron chi connectivity index (χ1n) is 5.38. The smallest absolute Gasteiger partial charge is 0.390 e. The summed E-state index contributed by atoms with van der Waals surface area (Å²) in [6.07, 6.45) is 0. The van der Waals surface area contributed by atoms with Crippen molar-refractivity contribution in [3.63, 3.8) is 0 Å². The highest BCUT2D eigenvalue weighted by atomic mass is 79.9. The Bertz CT molecular complexity index is 684. The molecule has 0 N–H and O–H groups in total. The molecular formula is C12H10BrN3O3. The summed E-state index contributed by atoms with van der Waals surface area (Å²) < 4.78 is 11.7. The molecule has 0 atom stereocenters. The minimum atomic E-state index is -0.539. The fourth-order valence-corrected chi connectivity index (χ4v) is 2.04. The van der Waals surface area contributed by atoms with E-state index >= 15 is 0 Å². The molecule has 0 saturated heterocycles. The zero-order valence-corrected chi connectivity index (χ0v) is 11.7. The van der Waals surface area contributed by atoms with Crippen molar-refractivity contribution in [3.8, 4) is 6.07 Å². The highest BCUT2D eigenvalue weighted by Crippen LogP contribution is 2.18. The van der Waals surface area contributed by atoms with Crippen LogP contribution >= 0.6 is 15.9 Å². The van der Waals surface area contributed by atoms with Crippen LogP contribution in [0.2, 0.25) is 0 Å². The monoisotopic (exact) mass is 323 g/mol. The van der Waals surface area contributed by atoms with Gasteiger partial charge in [-0.2, -0.15) is 9.94 Å². The zero-order valence-electron chi connectivity index (χ0n) is 10.1. The van der Waals surface area contributed by atoms with Crippen LogP contribution in [0.15, 0.2) is 31.9 Å². The molecule has 1 heterocycles. The minimum absolute atomic E-state index is 0.150. The third-order valence-electron chi connectivity index (χ3n) is 2.42. The van der Waals surface area contributed by atoms with Gasteiger partial charge >= 0.3 is 5.76 Å². The van der Waals surface area contributed by atoms with Crippen LogP contribution in [-0.4, -0.2) is 16.9 Å². The summed E-state index contributed by atoms with van der Waals surface area (Å²) in [6, 6.07) is 7.18. The largest absolute Gasteiger partial charge is 0.437 e. The molecular weight excluding hydrogens is 314 g/mol. The van der Waals surface area contributed by atoms with E-state index < -0.39 is 5.76 Å². The SMILES string of the molecule is COCc1nn(Cc2ccc(C#N)cc2Br)c(=O)o1. The number of methoxy groups -OCH3 is 1. The topological polar surface area (TPSA) is 81.0 Å². The molecule has 0 saturated carbocycles. The van der Waals surface area contributed by atoms with Gasteiger partial charge in [0.15, 0.2) is 0 Å². The van der Waals surface area contributed by atoms with Crippen LogP contribution in [0.5, 0.6) is 0 Å². The van der Waals surface area contributed by atoms with Gasteiger partial charge in [0.25, 0.3) is 0 Å². The summed E-state index contributed by atoms with van der Waals surface area (Å²) >= 11 is 3.36. The third-order valence-corrected chi connectivity index (χ3v) is 3.16. The predicted octanol–water partition coefficient (Wildman–Crippen LogP) is 1.67. The van der Waals surface area contributed by atoms with Crippen LogP contribution in [0, 0.1) is 11.3 Å². The number of hydrogen-bond acceptors (Lipinski definition) is 5. The molecule has 7 heteroatoms. The number of benzene rings is 1. The predicted molar refractivity (Wildman–Crippen MR) is 69.4 cm³/mol. The van der Waals surface area contributed by atoms with Gasteiger partial charge in [0.05, 0.1) is 18.2 Å². The number of hydrogen-bond donors (Lipinski definition) is 0. The van der Waals surface area contributed by atoms with Gasteiger partial charge in [-0.1, -0.05) is 22.0 Å². The Balaban J connectivity index is 2.26. The fraction of sp³-hybridized carbons (Fsp3) is 0.250. The van der Waals surface area contributed by atoms with E-state index in [1.165, 1.54) is 11.8 Å². The Kier molecular flexibility index (Phi) is 4.14. The van der Waals surface area contributed by atoms with E-state index in [0.717, 1.165) is 10.0 Å². The van der Waals surface area contributed by atoms with Gasteiger partial charge in [-0.05, 0) is 17.7 Å². The molecule has 0 spiro atoms. The van der Waals surface area contributed by atoms with Crippen LogP contribution in [0.3, 0.4) is 0 Å². The molecule has 19 heavy (non-hydrogen) atoms. The highest BCUT2D eigenvalue weighted by Gasteiger charge is 2.10. The molecule has 98 valence electrons. The van der Waals surface area contributed by atoms with E-state index in [0.29, 0.717) is 5.56 Å². The maximum Gasteiger partial charge on any atom is 0.437 e. The second-order valence-electron chi connectivity index (χ2n) is 3.77. The number of ether oxygens (including phenoxy) is 1. The van der Waals surface area contributed by atoms with Gasteiger partial charge in [-0.3, -0.25) is 0 Å². The first kappa shape index (κ1) is 13.5. The van der Waals surface area contributed by atoms with Gasteiger partial charge in [-0.15, -0.1) is 5.10 Å². The van der Waals surface area contributed by atoms with Gasteiger partial charge in [0, 0.05) is 11.6 Å². The Morgan fingerprint density at radius 3 is 3.00 bits per heavy atom. The van der Waals surface area contributed by atoms with Crippen molar-refractivity contribution in [1.82, 2.24) is 9.78 Å². The Labute approximate surface area is 117 Å². The van der Waals surface area contributed by atoms with E-state index in [-0.39, 0.29) is 19.0 Å². The molecule has 0 fully saturated rings. The maximum atomic E-state index is 11.6. The van der Waals surface area contributed by atoms with Gasteiger partial charge in [0.1, 0.15) is 6.61 Å². The lowest BCUT2D eigenvalue weighted by Gasteiger charge is -2.03. The summed E-state index contributed by atoms with van der Waals surface area (Å²) in [5.74, 6) is -0.305. The van der Waals surface area contributed by atoms with Crippen molar-refractivity contribution in [2.45, 2.75) is 13.2 Å². The lowest BCUT2D eigenvalue weighted by Crippen LogP contribution is -2.16. The fourth-order valence-electron chi connectivity index (χ4n) is 1.54. The van der Waals surface area contributed by atoms with Crippen molar-refractivity contribution in [2.75, 3.05) is 7.11 Å². The zero-order chi connectivity index (χ0) is 13.8. The maximum absolute atomic E-state index is 11.6. The molecule has 0 radical (unpaired) electrons. The molecule has 2 rings (SSSR count). The average Bonchev–Trinajstić information content (AvgIpc) is 2.73. The van der Waals surface area contributed by atoms with E-state index in [1.54, 1.807) is 18.2 Å². The van der Waals surface area contributed by atoms with Crippen LogP contribution in [0.1, 0.15) is 17.0 Å². The highest BCUT2D eigenvalue weighted by molar-refractivity contribution is 9.10. The van der Waals surface area contributed by atoms with Gasteiger partial charge in [0.2, 0.25) is 5.89 Å². The minimum Gasteiger partial charge on any atom is -0.390 e.